The molecule has 0 spiro atoms. The van der Waals surface area contributed by atoms with Gasteiger partial charge < -0.3 is 10.5 Å². The Balaban J connectivity index is 2.13. The second-order valence-corrected chi connectivity index (χ2v) is 7.40. The molecule has 1 aliphatic rings. The maximum atomic E-state index is 12.5. The Morgan fingerprint density at radius 3 is 2.60 bits per heavy atom. The van der Waals surface area contributed by atoms with E-state index >= 15 is 0 Å². The summed E-state index contributed by atoms with van der Waals surface area (Å²) < 4.78 is 31.7. The summed E-state index contributed by atoms with van der Waals surface area (Å²) in [4.78, 5) is 0.259. The van der Waals surface area contributed by atoms with Gasteiger partial charge in [0.25, 0.3) is 0 Å². The van der Waals surface area contributed by atoms with Crippen LogP contribution in [0.3, 0.4) is 0 Å². The highest BCUT2D eigenvalue weighted by molar-refractivity contribution is 7.89. The number of ether oxygens (including phenoxy) is 1. The molecule has 0 amide bonds. The van der Waals surface area contributed by atoms with Crippen molar-refractivity contribution in [2.75, 3.05) is 32.5 Å². The average molecular weight is 298 g/mol. The van der Waals surface area contributed by atoms with Gasteiger partial charge in [-0.15, -0.1) is 0 Å². The van der Waals surface area contributed by atoms with Gasteiger partial charge in [-0.3, -0.25) is 0 Å². The molecule has 6 heteroatoms. The van der Waals surface area contributed by atoms with Crippen molar-refractivity contribution in [2.24, 2.45) is 5.92 Å². The van der Waals surface area contributed by atoms with Crippen LogP contribution < -0.4 is 5.73 Å². The predicted octanol–water partition coefficient (Wildman–Crippen LogP) is 1.62. The molecule has 0 aliphatic carbocycles. The summed E-state index contributed by atoms with van der Waals surface area (Å²) in [7, 11) is -1.84. The molecule has 2 rings (SSSR count). The first-order chi connectivity index (χ1) is 9.41. The lowest BCUT2D eigenvalue weighted by Gasteiger charge is -2.26. The molecule has 1 heterocycles. The maximum Gasteiger partial charge on any atom is 0.242 e. The van der Waals surface area contributed by atoms with Crippen LogP contribution in [0, 0.1) is 12.8 Å². The van der Waals surface area contributed by atoms with Gasteiger partial charge in [0.1, 0.15) is 0 Å². The number of rotatable bonds is 4. The normalized spacial score (nSPS) is 17.6. The smallest absolute Gasteiger partial charge is 0.242 e. The largest absolute Gasteiger partial charge is 0.398 e. The fraction of sp³-hybridized carbons (Fsp3) is 0.571. The molecule has 1 fully saturated rings. The third-order valence-electron chi connectivity index (χ3n) is 3.82. The van der Waals surface area contributed by atoms with Gasteiger partial charge in [-0.2, -0.15) is 0 Å². The number of hydrogen-bond donors (Lipinski definition) is 1. The standard InChI is InChI=1S/C14H22N2O3S/c1-11-3-4-13(9-14(11)15)20(17,18)16(2)10-12-5-7-19-8-6-12/h3-4,9,12H,5-8,10,15H2,1-2H3. The van der Waals surface area contributed by atoms with Crippen molar-refractivity contribution in [2.45, 2.75) is 24.7 Å². The van der Waals surface area contributed by atoms with Crippen LogP contribution in [-0.4, -0.2) is 39.5 Å². The molecule has 1 aliphatic heterocycles. The monoisotopic (exact) mass is 298 g/mol. The first kappa shape index (κ1) is 15.3. The lowest BCUT2D eigenvalue weighted by atomic mass is 10.0. The molecule has 0 bridgehead atoms. The van der Waals surface area contributed by atoms with Gasteiger partial charge in [0.2, 0.25) is 10.0 Å². The molecule has 0 saturated carbocycles. The van der Waals surface area contributed by atoms with Crippen LogP contribution in [-0.2, 0) is 14.8 Å². The van der Waals surface area contributed by atoms with E-state index in [1.807, 2.05) is 6.92 Å². The van der Waals surface area contributed by atoms with Crippen molar-refractivity contribution in [1.29, 1.82) is 0 Å². The summed E-state index contributed by atoms with van der Waals surface area (Å²) in [6.45, 7) is 3.82. The molecular formula is C14H22N2O3S. The Labute approximate surface area is 120 Å². The molecule has 0 radical (unpaired) electrons. The third kappa shape index (κ3) is 3.31. The van der Waals surface area contributed by atoms with Crippen molar-refractivity contribution in [3.63, 3.8) is 0 Å². The number of anilines is 1. The van der Waals surface area contributed by atoms with Gasteiger partial charge in [0, 0.05) is 32.5 Å². The zero-order valence-corrected chi connectivity index (χ0v) is 12.8. The lowest BCUT2D eigenvalue weighted by Crippen LogP contribution is -2.34. The van der Waals surface area contributed by atoms with Crippen LogP contribution in [0.4, 0.5) is 5.69 Å². The zero-order chi connectivity index (χ0) is 14.8. The quantitative estimate of drug-likeness (QED) is 0.857. The molecule has 0 atom stereocenters. The fourth-order valence-corrected chi connectivity index (χ4v) is 3.63. The van der Waals surface area contributed by atoms with Gasteiger partial charge in [0.15, 0.2) is 0 Å². The maximum absolute atomic E-state index is 12.5. The van der Waals surface area contributed by atoms with Crippen LogP contribution in [0.15, 0.2) is 23.1 Å². The van der Waals surface area contributed by atoms with E-state index in [1.54, 1.807) is 19.2 Å². The number of nitrogens with two attached hydrogens (primary N) is 1. The van der Waals surface area contributed by atoms with Gasteiger partial charge in [-0.05, 0) is 43.4 Å². The molecule has 20 heavy (non-hydrogen) atoms. The number of benzene rings is 1. The Bertz CT molecular complexity index is 566. The van der Waals surface area contributed by atoms with Gasteiger partial charge in [0.05, 0.1) is 4.90 Å². The molecule has 2 N–H and O–H groups in total. The molecule has 1 saturated heterocycles. The van der Waals surface area contributed by atoms with Crippen LogP contribution in [0.1, 0.15) is 18.4 Å². The first-order valence-electron chi connectivity index (χ1n) is 6.81. The fourth-order valence-electron chi connectivity index (χ4n) is 2.35. The average Bonchev–Trinajstić information content (AvgIpc) is 2.42. The highest BCUT2D eigenvalue weighted by Crippen LogP contribution is 2.23. The lowest BCUT2D eigenvalue weighted by molar-refractivity contribution is 0.0620. The number of nitrogens with zero attached hydrogens (tertiary/aromatic N) is 1. The number of nitrogen functional groups attached to an aromatic ring is 1. The molecule has 0 aromatic heterocycles. The second-order valence-electron chi connectivity index (χ2n) is 5.36. The van der Waals surface area contributed by atoms with Gasteiger partial charge in [-0.1, -0.05) is 6.07 Å². The van der Waals surface area contributed by atoms with E-state index in [0.717, 1.165) is 31.6 Å². The molecular weight excluding hydrogens is 276 g/mol. The molecule has 5 nitrogen and oxygen atoms in total. The molecule has 1 aromatic carbocycles. The van der Waals surface area contributed by atoms with E-state index in [-0.39, 0.29) is 4.90 Å². The van der Waals surface area contributed by atoms with Crippen LogP contribution >= 0.6 is 0 Å². The van der Waals surface area contributed by atoms with E-state index in [2.05, 4.69) is 0 Å². The van der Waals surface area contributed by atoms with Crippen LogP contribution in [0.2, 0.25) is 0 Å². The first-order valence-corrected chi connectivity index (χ1v) is 8.25. The topological polar surface area (TPSA) is 72.6 Å². The summed E-state index contributed by atoms with van der Waals surface area (Å²) in [6.07, 6.45) is 1.83. The van der Waals surface area contributed by atoms with E-state index in [4.69, 9.17) is 10.5 Å². The van der Waals surface area contributed by atoms with Crippen LogP contribution in [0.25, 0.3) is 0 Å². The minimum absolute atomic E-state index is 0.259. The predicted molar refractivity (Wildman–Crippen MR) is 79.0 cm³/mol. The van der Waals surface area contributed by atoms with Gasteiger partial charge in [-0.25, -0.2) is 12.7 Å². The summed E-state index contributed by atoms with van der Waals surface area (Å²) in [6, 6.07) is 4.89. The Morgan fingerprint density at radius 2 is 2.00 bits per heavy atom. The third-order valence-corrected chi connectivity index (χ3v) is 5.63. The number of aryl methyl sites for hydroxylation is 1. The minimum Gasteiger partial charge on any atom is -0.398 e. The van der Waals surface area contributed by atoms with Crippen molar-refractivity contribution < 1.29 is 13.2 Å². The van der Waals surface area contributed by atoms with E-state index in [0.29, 0.717) is 18.2 Å². The SMILES string of the molecule is Cc1ccc(S(=O)(=O)N(C)CC2CCOCC2)cc1N. The molecule has 112 valence electrons. The van der Waals surface area contributed by atoms with Crippen molar-refractivity contribution in [3.05, 3.63) is 23.8 Å². The zero-order valence-electron chi connectivity index (χ0n) is 12.0. The van der Waals surface area contributed by atoms with E-state index < -0.39 is 10.0 Å². The Kier molecular flexibility index (Phi) is 4.67. The number of sulfonamides is 1. The Morgan fingerprint density at radius 1 is 1.35 bits per heavy atom. The van der Waals surface area contributed by atoms with Crippen molar-refractivity contribution in [1.82, 2.24) is 4.31 Å². The Hall–Kier alpha value is -1.11. The second kappa shape index (κ2) is 6.11. The van der Waals surface area contributed by atoms with E-state index in [1.165, 1.54) is 10.4 Å². The van der Waals surface area contributed by atoms with E-state index in [9.17, 15) is 8.42 Å². The summed E-state index contributed by atoms with van der Waals surface area (Å²) in [5.41, 5.74) is 7.19. The summed E-state index contributed by atoms with van der Waals surface area (Å²) in [5, 5.41) is 0. The molecule has 0 unspecified atom stereocenters. The minimum atomic E-state index is -3.47. The highest BCUT2D eigenvalue weighted by atomic mass is 32.2. The van der Waals surface area contributed by atoms with Crippen LogP contribution in [0.5, 0.6) is 0 Å². The highest BCUT2D eigenvalue weighted by Gasteiger charge is 2.25. The molecule has 1 aromatic rings. The van der Waals surface area contributed by atoms with Crippen molar-refractivity contribution >= 4 is 15.7 Å². The van der Waals surface area contributed by atoms with Gasteiger partial charge >= 0.3 is 0 Å². The summed E-state index contributed by atoms with van der Waals surface area (Å²) in [5.74, 6) is 0.367. The summed E-state index contributed by atoms with van der Waals surface area (Å²) >= 11 is 0. The van der Waals surface area contributed by atoms with Crippen molar-refractivity contribution in [3.8, 4) is 0 Å². The number of hydrogen-bond acceptors (Lipinski definition) is 4.